The molecule has 1 aromatic heterocycles. The molecule has 18 heavy (non-hydrogen) atoms. The zero-order valence-corrected chi connectivity index (χ0v) is 9.94. The lowest BCUT2D eigenvalue weighted by atomic mass is 10.2. The summed E-state index contributed by atoms with van der Waals surface area (Å²) in [6.45, 7) is 3.55. The van der Waals surface area contributed by atoms with Gasteiger partial charge >= 0.3 is 0 Å². The van der Waals surface area contributed by atoms with E-state index in [9.17, 15) is 9.18 Å². The van der Waals surface area contributed by atoms with E-state index < -0.39 is 11.7 Å². The highest BCUT2D eigenvalue weighted by Crippen LogP contribution is 2.07. The summed E-state index contributed by atoms with van der Waals surface area (Å²) in [5.41, 5.74) is 1.73. The molecule has 1 heterocycles. The second-order valence-electron chi connectivity index (χ2n) is 3.77. The number of halogens is 1. The van der Waals surface area contributed by atoms with Crippen LogP contribution in [0.5, 0.6) is 0 Å². The van der Waals surface area contributed by atoms with E-state index in [0.29, 0.717) is 17.0 Å². The number of nitrogens with zero attached hydrogens (tertiary/aromatic N) is 3. The minimum absolute atomic E-state index is 0.132. The van der Waals surface area contributed by atoms with E-state index in [0.717, 1.165) is 0 Å². The van der Waals surface area contributed by atoms with E-state index in [1.807, 2.05) is 0 Å². The zero-order chi connectivity index (χ0) is 13.1. The molecule has 2 aromatic rings. The Balaban J connectivity index is 2.16. The molecule has 2 rings (SSSR count). The molecular weight excluding hydrogens is 235 g/mol. The number of anilines is 1. The van der Waals surface area contributed by atoms with Gasteiger partial charge in [0.15, 0.2) is 0 Å². The molecule has 0 aliphatic carbocycles. The van der Waals surface area contributed by atoms with Gasteiger partial charge in [0, 0.05) is 5.56 Å². The summed E-state index contributed by atoms with van der Waals surface area (Å²) >= 11 is 0. The molecule has 1 N–H and O–H groups in total. The number of benzene rings is 1. The van der Waals surface area contributed by atoms with Gasteiger partial charge in [-0.3, -0.25) is 10.1 Å². The molecule has 0 aliphatic heterocycles. The normalized spacial score (nSPS) is 10.2. The maximum Gasteiger partial charge on any atom is 0.258 e. The van der Waals surface area contributed by atoms with Crippen LogP contribution in [-0.4, -0.2) is 21.1 Å². The van der Waals surface area contributed by atoms with E-state index >= 15 is 0 Å². The molecule has 0 saturated heterocycles. The Hall–Kier alpha value is -2.37. The first kappa shape index (κ1) is 12.1. The van der Waals surface area contributed by atoms with Crippen LogP contribution in [0.3, 0.4) is 0 Å². The first-order chi connectivity index (χ1) is 8.56. The fourth-order valence-corrected chi connectivity index (χ4v) is 1.28. The summed E-state index contributed by atoms with van der Waals surface area (Å²) in [4.78, 5) is 15.9. The van der Waals surface area contributed by atoms with Crippen molar-refractivity contribution in [2.75, 3.05) is 5.32 Å². The number of carbonyl (C=O) groups excluding carboxylic acids is 1. The van der Waals surface area contributed by atoms with Gasteiger partial charge in [-0.1, -0.05) is 0 Å². The molecular formula is C12H11FN4O. The van der Waals surface area contributed by atoms with Crippen molar-refractivity contribution in [1.82, 2.24) is 15.2 Å². The van der Waals surface area contributed by atoms with Gasteiger partial charge in [0.25, 0.3) is 5.91 Å². The van der Waals surface area contributed by atoms with Crippen LogP contribution in [-0.2, 0) is 0 Å². The highest BCUT2D eigenvalue weighted by Gasteiger charge is 2.09. The predicted molar refractivity (Wildman–Crippen MR) is 63.7 cm³/mol. The number of aryl methyl sites for hydroxylation is 2. The SMILES string of the molecule is Cc1nnc(NC(=O)c2ccc(F)cc2)nc1C. The van der Waals surface area contributed by atoms with Crippen molar-refractivity contribution in [3.63, 3.8) is 0 Å². The topological polar surface area (TPSA) is 67.8 Å². The molecule has 5 nitrogen and oxygen atoms in total. The first-order valence-corrected chi connectivity index (χ1v) is 5.31. The third-order valence-electron chi connectivity index (χ3n) is 2.42. The second kappa shape index (κ2) is 4.87. The maximum atomic E-state index is 12.7. The summed E-state index contributed by atoms with van der Waals surface area (Å²) in [7, 11) is 0. The average Bonchev–Trinajstić information content (AvgIpc) is 2.34. The molecule has 92 valence electrons. The van der Waals surface area contributed by atoms with E-state index in [2.05, 4.69) is 20.5 Å². The Kier molecular flexibility index (Phi) is 3.27. The van der Waals surface area contributed by atoms with Crippen LogP contribution >= 0.6 is 0 Å². The van der Waals surface area contributed by atoms with Gasteiger partial charge in [0.2, 0.25) is 5.95 Å². The Morgan fingerprint density at radius 1 is 1.11 bits per heavy atom. The first-order valence-electron chi connectivity index (χ1n) is 5.31. The molecule has 0 aliphatic rings. The molecule has 0 radical (unpaired) electrons. The number of amides is 1. The summed E-state index contributed by atoms with van der Waals surface area (Å²) in [5.74, 6) is -0.664. The van der Waals surface area contributed by atoms with E-state index in [-0.39, 0.29) is 5.95 Å². The number of hydrogen-bond donors (Lipinski definition) is 1. The van der Waals surface area contributed by atoms with Crippen LogP contribution < -0.4 is 5.32 Å². The largest absolute Gasteiger partial charge is 0.289 e. The van der Waals surface area contributed by atoms with Crippen molar-refractivity contribution in [1.29, 1.82) is 0 Å². The van der Waals surface area contributed by atoms with Crippen LogP contribution in [0.1, 0.15) is 21.7 Å². The predicted octanol–water partition coefficient (Wildman–Crippen LogP) is 1.88. The number of rotatable bonds is 2. The van der Waals surface area contributed by atoms with Gasteiger partial charge in [-0.25, -0.2) is 9.37 Å². The Bertz CT molecular complexity index is 583. The van der Waals surface area contributed by atoms with Crippen LogP contribution in [0.2, 0.25) is 0 Å². The fourth-order valence-electron chi connectivity index (χ4n) is 1.28. The van der Waals surface area contributed by atoms with Gasteiger partial charge in [-0.05, 0) is 38.1 Å². The van der Waals surface area contributed by atoms with E-state index in [1.54, 1.807) is 13.8 Å². The third-order valence-corrected chi connectivity index (χ3v) is 2.42. The lowest BCUT2D eigenvalue weighted by Crippen LogP contribution is -2.15. The van der Waals surface area contributed by atoms with Crippen molar-refractivity contribution in [2.24, 2.45) is 0 Å². The number of carbonyl (C=O) groups is 1. The standard InChI is InChI=1S/C12H11FN4O/c1-7-8(2)16-17-12(14-7)15-11(18)9-3-5-10(13)6-4-9/h3-6H,1-2H3,(H,14,15,17,18). The van der Waals surface area contributed by atoms with Crippen LogP contribution in [0, 0.1) is 19.7 Å². The molecule has 1 amide bonds. The van der Waals surface area contributed by atoms with Gasteiger partial charge in [-0.2, -0.15) is 5.10 Å². The van der Waals surface area contributed by atoms with Gasteiger partial charge in [0.05, 0.1) is 11.4 Å². The summed E-state index contributed by atoms with van der Waals surface area (Å²) < 4.78 is 12.7. The molecule has 1 aromatic carbocycles. The highest BCUT2D eigenvalue weighted by atomic mass is 19.1. The van der Waals surface area contributed by atoms with Crippen molar-refractivity contribution in [3.05, 3.63) is 47.0 Å². The smallest absolute Gasteiger partial charge is 0.258 e. The quantitative estimate of drug-likeness (QED) is 0.878. The maximum absolute atomic E-state index is 12.7. The number of aromatic nitrogens is 3. The lowest BCUT2D eigenvalue weighted by molar-refractivity contribution is 0.102. The van der Waals surface area contributed by atoms with Crippen molar-refractivity contribution < 1.29 is 9.18 Å². The molecule has 0 fully saturated rings. The molecule has 0 bridgehead atoms. The molecule has 0 atom stereocenters. The minimum atomic E-state index is -0.403. The monoisotopic (exact) mass is 246 g/mol. The van der Waals surface area contributed by atoms with Crippen molar-refractivity contribution in [3.8, 4) is 0 Å². The fraction of sp³-hybridized carbons (Fsp3) is 0.167. The average molecular weight is 246 g/mol. The zero-order valence-electron chi connectivity index (χ0n) is 9.94. The molecule has 0 unspecified atom stereocenters. The van der Waals surface area contributed by atoms with Crippen molar-refractivity contribution in [2.45, 2.75) is 13.8 Å². The van der Waals surface area contributed by atoms with Gasteiger partial charge < -0.3 is 0 Å². The number of nitrogens with one attached hydrogen (secondary N) is 1. The summed E-state index contributed by atoms with van der Waals surface area (Å²) in [5, 5.41) is 10.1. The van der Waals surface area contributed by atoms with Crippen LogP contribution in [0.25, 0.3) is 0 Å². The molecule has 6 heteroatoms. The highest BCUT2D eigenvalue weighted by molar-refractivity contribution is 6.03. The van der Waals surface area contributed by atoms with Crippen LogP contribution in [0.15, 0.2) is 24.3 Å². The lowest BCUT2D eigenvalue weighted by Gasteiger charge is -2.04. The Labute approximate surface area is 103 Å². The number of hydrogen-bond acceptors (Lipinski definition) is 4. The van der Waals surface area contributed by atoms with Crippen molar-refractivity contribution >= 4 is 11.9 Å². The summed E-state index contributed by atoms with van der Waals surface area (Å²) in [6, 6.07) is 5.21. The van der Waals surface area contributed by atoms with E-state index in [1.165, 1.54) is 24.3 Å². The van der Waals surface area contributed by atoms with Gasteiger partial charge in [0.1, 0.15) is 5.82 Å². The second-order valence-corrected chi connectivity index (χ2v) is 3.77. The van der Waals surface area contributed by atoms with E-state index in [4.69, 9.17) is 0 Å². The third kappa shape index (κ3) is 2.65. The summed E-state index contributed by atoms with van der Waals surface area (Å²) in [6.07, 6.45) is 0. The Morgan fingerprint density at radius 2 is 1.78 bits per heavy atom. The van der Waals surface area contributed by atoms with Gasteiger partial charge in [-0.15, -0.1) is 5.10 Å². The molecule has 0 saturated carbocycles. The minimum Gasteiger partial charge on any atom is -0.289 e. The van der Waals surface area contributed by atoms with Crippen LogP contribution in [0.4, 0.5) is 10.3 Å². The Morgan fingerprint density at radius 3 is 2.39 bits per heavy atom. The molecule has 0 spiro atoms.